The number of carbonyl (C=O) groups excluding carboxylic acids is 1. The van der Waals surface area contributed by atoms with Gasteiger partial charge in [-0.2, -0.15) is 0 Å². The third-order valence-corrected chi connectivity index (χ3v) is 2.32. The summed E-state index contributed by atoms with van der Waals surface area (Å²) in [6.07, 6.45) is 3.71. The fourth-order valence-electron chi connectivity index (χ4n) is 1.60. The molecule has 78 valence electrons. The van der Waals surface area contributed by atoms with Gasteiger partial charge >= 0.3 is 0 Å². The summed E-state index contributed by atoms with van der Waals surface area (Å²) in [7, 11) is 0. The highest BCUT2D eigenvalue weighted by atomic mass is 16.5. The zero-order chi connectivity index (χ0) is 10.7. The normalized spacial score (nSPS) is 18.5. The largest absolute Gasteiger partial charge is 0.477 e. The smallest absolute Gasteiger partial charge is 0.243 e. The Balaban J connectivity index is 2.22. The molecular formula is C11H12N2O2. The number of hydrogen-bond acceptors (Lipinski definition) is 3. The van der Waals surface area contributed by atoms with Crippen LogP contribution in [0.3, 0.4) is 0 Å². The summed E-state index contributed by atoms with van der Waals surface area (Å²) in [6.45, 7) is 4.00. The summed E-state index contributed by atoms with van der Waals surface area (Å²) < 4.78 is 5.38. The molecule has 0 spiro atoms. The molecule has 1 amide bonds. The second-order valence-electron chi connectivity index (χ2n) is 3.30. The highest BCUT2D eigenvalue weighted by molar-refractivity contribution is 5.87. The zero-order valence-electron chi connectivity index (χ0n) is 8.27. The number of rotatable bonds is 2. The topological polar surface area (TPSA) is 51.2 Å². The Kier molecular flexibility index (Phi) is 2.67. The van der Waals surface area contributed by atoms with Crippen molar-refractivity contribution in [2.24, 2.45) is 0 Å². The maximum absolute atomic E-state index is 11.2. The van der Waals surface area contributed by atoms with Crippen LogP contribution in [0.2, 0.25) is 0 Å². The Morgan fingerprint density at radius 2 is 2.60 bits per heavy atom. The van der Waals surface area contributed by atoms with E-state index >= 15 is 0 Å². The van der Waals surface area contributed by atoms with E-state index < -0.39 is 0 Å². The quantitative estimate of drug-likeness (QED) is 0.736. The maximum Gasteiger partial charge on any atom is 0.243 e. The minimum atomic E-state index is -0.170. The van der Waals surface area contributed by atoms with E-state index in [1.807, 2.05) is 12.1 Å². The number of amides is 1. The molecule has 2 heterocycles. The Morgan fingerprint density at radius 3 is 3.40 bits per heavy atom. The van der Waals surface area contributed by atoms with E-state index in [1.165, 1.54) is 6.08 Å². The number of nitrogens with zero attached hydrogens (tertiary/aromatic N) is 1. The number of ether oxygens (including phenoxy) is 1. The van der Waals surface area contributed by atoms with Crippen LogP contribution < -0.4 is 10.1 Å². The first-order valence-electron chi connectivity index (χ1n) is 4.82. The highest BCUT2D eigenvalue weighted by Gasteiger charge is 2.22. The molecule has 1 atom stereocenters. The summed E-state index contributed by atoms with van der Waals surface area (Å²) >= 11 is 0. The van der Waals surface area contributed by atoms with Crippen LogP contribution in [-0.4, -0.2) is 17.5 Å². The molecule has 2 rings (SSSR count). The van der Waals surface area contributed by atoms with Crippen molar-refractivity contribution >= 4 is 5.91 Å². The number of aromatic nitrogens is 1. The van der Waals surface area contributed by atoms with E-state index in [0.717, 1.165) is 12.0 Å². The molecule has 1 N–H and O–H groups in total. The predicted molar refractivity (Wildman–Crippen MR) is 55.4 cm³/mol. The third kappa shape index (κ3) is 1.98. The molecule has 1 aliphatic rings. The Bertz CT molecular complexity index is 390. The maximum atomic E-state index is 11.2. The first-order valence-corrected chi connectivity index (χ1v) is 4.82. The van der Waals surface area contributed by atoms with Crippen LogP contribution >= 0.6 is 0 Å². The fourth-order valence-corrected chi connectivity index (χ4v) is 1.60. The van der Waals surface area contributed by atoms with Crippen LogP contribution in [0.4, 0.5) is 0 Å². The third-order valence-electron chi connectivity index (χ3n) is 2.32. The molecule has 1 unspecified atom stereocenters. The first kappa shape index (κ1) is 9.71. The molecule has 0 aromatic carbocycles. The second kappa shape index (κ2) is 4.13. The Labute approximate surface area is 88.0 Å². The van der Waals surface area contributed by atoms with Gasteiger partial charge in [-0.05, 0) is 12.1 Å². The van der Waals surface area contributed by atoms with E-state index in [9.17, 15) is 4.79 Å². The van der Waals surface area contributed by atoms with Gasteiger partial charge in [-0.15, -0.1) is 0 Å². The Morgan fingerprint density at radius 1 is 1.73 bits per heavy atom. The number of hydrogen-bond donors (Lipinski definition) is 1. The van der Waals surface area contributed by atoms with Crippen molar-refractivity contribution in [3.63, 3.8) is 0 Å². The van der Waals surface area contributed by atoms with Gasteiger partial charge in [0.05, 0.1) is 12.6 Å². The van der Waals surface area contributed by atoms with Crippen molar-refractivity contribution in [3.05, 3.63) is 36.5 Å². The van der Waals surface area contributed by atoms with E-state index in [4.69, 9.17) is 4.74 Å². The van der Waals surface area contributed by atoms with Crippen molar-refractivity contribution in [1.29, 1.82) is 0 Å². The fraction of sp³-hybridized carbons (Fsp3) is 0.273. The van der Waals surface area contributed by atoms with Crippen molar-refractivity contribution in [3.8, 4) is 5.88 Å². The zero-order valence-corrected chi connectivity index (χ0v) is 8.27. The molecule has 0 saturated heterocycles. The van der Waals surface area contributed by atoms with Crippen molar-refractivity contribution < 1.29 is 9.53 Å². The number of nitrogens with one attached hydrogen (secondary N) is 1. The average Bonchev–Trinajstić information content (AvgIpc) is 2.29. The molecule has 0 aliphatic carbocycles. The van der Waals surface area contributed by atoms with E-state index in [-0.39, 0.29) is 11.9 Å². The van der Waals surface area contributed by atoms with E-state index in [2.05, 4.69) is 16.9 Å². The van der Waals surface area contributed by atoms with Gasteiger partial charge in [0.2, 0.25) is 11.8 Å². The van der Waals surface area contributed by atoms with Gasteiger partial charge in [0.25, 0.3) is 0 Å². The van der Waals surface area contributed by atoms with Gasteiger partial charge in [0.15, 0.2) is 0 Å². The van der Waals surface area contributed by atoms with Crippen molar-refractivity contribution in [1.82, 2.24) is 10.3 Å². The summed E-state index contributed by atoms with van der Waals surface area (Å²) in [5.74, 6) is 0.440. The summed E-state index contributed by atoms with van der Waals surface area (Å²) in [6, 6.07) is 3.73. The lowest BCUT2D eigenvalue weighted by Crippen LogP contribution is -2.31. The lowest BCUT2D eigenvalue weighted by atomic mass is 10.0. The first-order chi connectivity index (χ1) is 7.31. The molecule has 4 nitrogen and oxygen atoms in total. The van der Waals surface area contributed by atoms with Gasteiger partial charge in [0.1, 0.15) is 0 Å². The molecule has 1 aliphatic heterocycles. The molecule has 0 fully saturated rings. The lowest BCUT2D eigenvalue weighted by Gasteiger charge is -2.25. The SMILES string of the molecule is C=CC(=O)NC1CCOc2ncccc21. The average molecular weight is 204 g/mol. The van der Waals surface area contributed by atoms with Crippen LogP contribution in [0.5, 0.6) is 5.88 Å². The molecule has 1 aromatic heterocycles. The van der Waals surface area contributed by atoms with Crippen LogP contribution in [0.15, 0.2) is 31.0 Å². The Hall–Kier alpha value is -1.84. The van der Waals surface area contributed by atoms with Crippen molar-refractivity contribution in [2.45, 2.75) is 12.5 Å². The van der Waals surface area contributed by atoms with Gasteiger partial charge in [-0.3, -0.25) is 4.79 Å². The monoisotopic (exact) mass is 204 g/mol. The predicted octanol–water partition coefficient (Wildman–Crippen LogP) is 1.21. The minimum absolute atomic E-state index is 0.0204. The molecule has 1 aromatic rings. The number of fused-ring (bicyclic) bond motifs is 1. The van der Waals surface area contributed by atoms with Crippen LogP contribution in [0, 0.1) is 0 Å². The van der Waals surface area contributed by atoms with E-state index in [0.29, 0.717) is 12.5 Å². The number of carbonyl (C=O) groups is 1. The van der Waals surface area contributed by atoms with Gasteiger partial charge < -0.3 is 10.1 Å². The van der Waals surface area contributed by atoms with Crippen LogP contribution in [0.25, 0.3) is 0 Å². The molecular weight excluding hydrogens is 192 g/mol. The van der Waals surface area contributed by atoms with Crippen LogP contribution in [-0.2, 0) is 4.79 Å². The summed E-state index contributed by atoms with van der Waals surface area (Å²) in [5.41, 5.74) is 0.930. The van der Waals surface area contributed by atoms with E-state index in [1.54, 1.807) is 6.20 Å². The molecule has 4 heteroatoms. The lowest BCUT2D eigenvalue weighted by molar-refractivity contribution is -0.117. The number of pyridine rings is 1. The standard InChI is InChI=1S/C11H12N2O2/c1-2-10(14)13-9-5-7-15-11-8(9)4-3-6-12-11/h2-4,6,9H,1,5,7H2,(H,13,14). The molecule has 0 radical (unpaired) electrons. The summed E-state index contributed by atoms with van der Waals surface area (Å²) in [5, 5.41) is 2.85. The van der Waals surface area contributed by atoms with Crippen molar-refractivity contribution in [2.75, 3.05) is 6.61 Å². The highest BCUT2D eigenvalue weighted by Crippen LogP contribution is 2.29. The summed E-state index contributed by atoms with van der Waals surface area (Å²) in [4.78, 5) is 15.3. The van der Waals surface area contributed by atoms with Gasteiger partial charge in [0, 0.05) is 18.2 Å². The van der Waals surface area contributed by atoms with Gasteiger partial charge in [-0.25, -0.2) is 4.98 Å². The molecule has 0 bridgehead atoms. The van der Waals surface area contributed by atoms with Gasteiger partial charge in [-0.1, -0.05) is 12.6 Å². The molecule has 0 saturated carbocycles. The molecule has 15 heavy (non-hydrogen) atoms. The minimum Gasteiger partial charge on any atom is -0.477 e. The van der Waals surface area contributed by atoms with Crippen LogP contribution in [0.1, 0.15) is 18.0 Å². The second-order valence-corrected chi connectivity index (χ2v) is 3.30.